The van der Waals surface area contributed by atoms with Gasteiger partial charge in [0.15, 0.2) is 0 Å². The van der Waals surface area contributed by atoms with Gasteiger partial charge in [-0.05, 0) is 60.0 Å². The Labute approximate surface area is 195 Å². The van der Waals surface area contributed by atoms with Crippen molar-refractivity contribution in [1.82, 2.24) is 4.90 Å². The number of nitrogens with one attached hydrogen (secondary N) is 1. The van der Waals surface area contributed by atoms with Gasteiger partial charge in [-0.1, -0.05) is 12.1 Å². The first-order valence-corrected chi connectivity index (χ1v) is 11.5. The fourth-order valence-corrected chi connectivity index (χ4v) is 4.58. The van der Waals surface area contributed by atoms with E-state index in [9.17, 15) is 9.59 Å². The molecule has 0 saturated carbocycles. The Bertz CT molecular complexity index is 1290. The molecule has 0 fully saturated rings. The van der Waals surface area contributed by atoms with Crippen LogP contribution in [0, 0.1) is 0 Å². The number of thiophene rings is 1. The van der Waals surface area contributed by atoms with Crippen molar-refractivity contribution in [3.05, 3.63) is 93.9 Å². The topological polar surface area (TPSA) is 71.8 Å². The molecule has 33 heavy (non-hydrogen) atoms. The van der Waals surface area contributed by atoms with Crippen molar-refractivity contribution in [1.29, 1.82) is 0 Å². The minimum absolute atomic E-state index is 0.0644. The van der Waals surface area contributed by atoms with E-state index in [-0.39, 0.29) is 11.8 Å². The highest BCUT2D eigenvalue weighted by Crippen LogP contribution is 2.31. The average molecular weight is 459 g/mol. The lowest BCUT2D eigenvalue weighted by atomic mass is 10.1. The molecule has 1 aliphatic heterocycles. The molecule has 1 aliphatic rings. The first-order valence-electron chi connectivity index (χ1n) is 10.6. The third-order valence-electron chi connectivity index (χ3n) is 5.65. The average Bonchev–Trinajstić information content (AvgIpc) is 3.54. The molecule has 7 heteroatoms. The molecule has 0 saturated heterocycles. The van der Waals surface area contributed by atoms with Crippen LogP contribution in [0.2, 0.25) is 0 Å². The van der Waals surface area contributed by atoms with E-state index in [0.717, 1.165) is 27.5 Å². The van der Waals surface area contributed by atoms with Crippen molar-refractivity contribution in [2.75, 3.05) is 19.0 Å². The Morgan fingerprint density at radius 3 is 2.67 bits per heavy atom. The Balaban J connectivity index is 1.27. The van der Waals surface area contributed by atoms with Crippen LogP contribution >= 0.6 is 11.3 Å². The van der Waals surface area contributed by atoms with E-state index < -0.39 is 0 Å². The third-order valence-corrected chi connectivity index (χ3v) is 6.50. The summed E-state index contributed by atoms with van der Waals surface area (Å²) in [6.07, 6.45) is 0.696. The number of anilines is 1. The van der Waals surface area contributed by atoms with Crippen LogP contribution in [0.5, 0.6) is 5.75 Å². The van der Waals surface area contributed by atoms with Gasteiger partial charge in [0.2, 0.25) is 0 Å². The van der Waals surface area contributed by atoms with Crippen LogP contribution in [0.25, 0.3) is 11.3 Å². The highest BCUT2D eigenvalue weighted by Gasteiger charge is 2.25. The minimum atomic E-state index is -0.203. The van der Waals surface area contributed by atoms with Gasteiger partial charge in [-0.25, -0.2) is 0 Å². The molecular formula is C26H22N2O4S. The summed E-state index contributed by atoms with van der Waals surface area (Å²) < 4.78 is 11.3. The van der Waals surface area contributed by atoms with Gasteiger partial charge >= 0.3 is 0 Å². The lowest BCUT2D eigenvalue weighted by Crippen LogP contribution is -2.35. The number of hydrogen-bond donors (Lipinski definition) is 1. The summed E-state index contributed by atoms with van der Waals surface area (Å²) in [7, 11) is 1.57. The largest absolute Gasteiger partial charge is 0.497 e. The number of carbonyl (C=O) groups excluding carboxylic acids is 2. The number of amides is 2. The molecule has 2 aromatic carbocycles. The summed E-state index contributed by atoms with van der Waals surface area (Å²) in [6.45, 7) is 1.19. The summed E-state index contributed by atoms with van der Waals surface area (Å²) in [5, 5.41) is 4.82. The van der Waals surface area contributed by atoms with Crippen LogP contribution in [0.15, 0.2) is 76.5 Å². The monoisotopic (exact) mass is 458 g/mol. The summed E-state index contributed by atoms with van der Waals surface area (Å²) in [5.41, 5.74) is 3.17. The summed E-state index contributed by atoms with van der Waals surface area (Å²) >= 11 is 1.46. The molecule has 2 amide bonds. The van der Waals surface area contributed by atoms with Crippen LogP contribution in [0.3, 0.4) is 0 Å². The van der Waals surface area contributed by atoms with Gasteiger partial charge in [-0.15, -0.1) is 11.3 Å². The normalized spacial score (nSPS) is 12.8. The second kappa shape index (κ2) is 8.96. The number of ether oxygens (including phenoxy) is 1. The zero-order valence-electron chi connectivity index (χ0n) is 18.0. The molecule has 0 aliphatic carbocycles. The molecule has 0 spiro atoms. The highest BCUT2D eigenvalue weighted by atomic mass is 32.1. The highest BCUT2D eigenvalue weighted by molar-refractivity contribution is 7.12. The smallest absolute Gasteiger partial charge is 0.264 e. The second-order valence-electron chi connectivity index (χ2n) is 7.78. The van der Waals surface area contributed by atoms with E-state index in [1.54, 1.807) is 31.4 Å². The number of furan rings is 1. The minimum Gasteiger partial charge on any atom is -0.497 e. The quantitative estimate of drug-likeness (QED) is 0.431. The van der Waals surface area contributed by atoms with Gasteiger partial charge in [0.1, 0.15) is 17.3 Å². The maximum Gasteiger partial charge on any atom is 0.264 e. The first kappa shape index (κ1) is 21.0. The molecule has 6 nitrogen and oxygen atoms in total. The molecule has 2 aromatic heterocycles. The molecule has 0 bridgehead atoms. The van der Waals surface area contributed by atoms with Crippen molar-refractivity contribution in [2.45, 2.75) is 13.0 Å². The van der Waals surface area contributed by atoms with Crippen molar-refractivity contribution in [2.24, 2.45) is 0 Å². The number of benzene rings is 2. The van der Waals surface area contributed by atoms with Gasteiger partial charge < -0.3 is 19.4 Å². The molecule has 5 rings (SSSR count). The molecule has 166 valence electrons. The van der Waals surface area contributed by atoms with Gasteiger partial charge in [-0.3, -0.25) is 9.59 Å². The lowest BCUT2D eigenvalue weighted by molar-refractivity contribution is 0.0734. The molecule has 4 aromatic rings. The molecule has 0 atom stereocenters. The summed E-state index contributed by atoms with van der Waals surface area (Å²) in [4.78, 5) is 27.8. The Morgan fingerprint density at radius 2 is 1.91 bits per heavy atom. The SMILES string of the molecule is COc1cccc(C(=O)Nc2ccc(-c3cc4c(o3)CCN(C(=O)c3cccs3)C4)cc2)c1. The second-order valence-corrected chi connectivity index (χ2v) is 8.72. The number of methoxy groups -OCH3 is 1. The van der Waals surface area contributed by atoms with E-state index >= 15 is 0 Å². The predicted molar refractivity (Wildman–Crippen MR) is 128 cm³/mol. The van der Waals surface area contributed by atoms with E-state index in [1.807, 2.05) is 52.7 Å². The molecule has 0 radical (unpaired) electrons. The molecular weight excluding hydrogens is 436 g/mol. The van der Waals surface area contributed by atoms with Crippen LogP contribution in [-0.4, -0.2) is 30.4 Å². The maximum absolute atomic E-state index is 12.7. The van der Waals surface area contributed by atoms with Crippen molar-refractivity contribution in [3.8, 4) is 17.1 Å². The molecule has 0 unspecified atom stereocenters. The van der Waals surface area contributed by atoms with Gasteiger partial charge in [0.25, 0.3) is 11.8 Å². The Hall–Kier alpha value is -3.84. The Kier molecular flexibility index (Phi) is 5.71. The van der Waals surface area contributed by atoms with Crippen LogP contribution < -0.4 is 10.1 Å². The van der Waals surface area contributed by atoms with Gasteiger partial charge in [0.05, 0.1) is 12.0 Å². The maximum atomic E-state index is 12.7. The van der Waals surface area contributed by atoms with E-state index in [1.165, 1.54) is 11.3 Å². The lowest BCUT2D eigenvalue weighted by Gasteiger charge is -2.25. The van der Waals surface area contributed by atoms with E-state index in [0.29, 0.717) is 36.5 Å². The predicted octanol–water partition coefficient (Wildman–Crippen LogP) is 5.47. The fraction of sp³-hybridized carbons (Fsp3) is 0.154. The zero-order valence-corrected chi connectivity index (χ0v) is 18.9. The van der Waals surface area contributed by atoms with Crippen molar-refractivity contribution >= 4 is 28.8 Å². The number of carbonyl (C=O) groups is 2. The van der Waals surface area contributed by atoms with E-state index in [4.69, 9.17) is 9.15 Å². The summed E-state index contributed by atoms with van der Waals surface area (Å²) in [5.74, 6) is 2.18. The summed E-state index contributed by atoms with van der Waals surface area (Å²) in [6, 6.07) is 20.3. The van der Waals surface area contributed by atoms with Crippen molar-refractivity contribution in [3.63, 3.8) is 0 Å². The van der Waals surface area contributed by atoms with Crippen LogP contribution in [0.1, 0.15) is 31.4 Å². The third kappa shape index (κ3) is 4.40. The van der Waals surface area contributed by atoms with Crippen LogP contribution in [0.4, 0.5) is 5.69 Å². The standard InChI is InChI=1S/C26H22N2O4S/c1-31-21-5-2-4-18(14-21)25(29)27-20-9-7-17(8-10-20)23-15-19-16-28(12-11-22(19)32-23)26(30)24-6-3-13-33-24/h2-10,13-15H,11-12,16H2,1H3,(H,27,29). The number of nitrogens with zero attached hydrogens (tertiary/aromatic N) is 1. The molecule has 3 heterocycles. The molecule has 1 N–H and O–H groups in total. The fourth-order valence-electron chi connectivity index (χ4n) is 3.89. The van der Waals surface area contributed by atoms with Gasteiger partial charge in [0, 0.05) is 41.9 Å². The van der Waals surface area contributed by atoms with Crippen LogP contribution in [-0.2, 0) is 13.0 Å². The first-order chi connectivity index (χ1) is 16.1. The number of hydrogen-bond acceptors (Lipinski definition) is 5. The number of fused-ring (bicyclic) bond motifs is 1. The van der Waals surface area contributed by atoms with Gasteiger partial charge in [-0.2, -0.15) is 0 Å². The van der Waals surface area contributed by atoms with E-state index in [2.05, 4.69) is 5.32 Å². The zero-order chi connectivity index (χ0) is 22.8. The van der Waals surface area contributed by atoms with Crippen molar-refractivity contribution < 1.29 is 18.7 Å². The number of rotatable bonds is 5. The Morgan fingerprint density at radius 1 is 1.06 bits per heavy atom.